The van der Waals surface area contributed by atoms with E-state index in [9.17, 15) is 5.11 Å². The Balaban J connectivity index is 2.36. The lowest BCUT2D eigenvalue weighted by Gasteiger charge is -2.08. The lowest BCUT2D eigenvalue weighted by atomic mass is 10.1. The van der Waals surface area contributed by atoms with Crippen LogP contribution in [-0.4, -0.2) is 23.2 Å². The Morgan fingerprint density at radius 1 is 1.33 bits per heavy atom. The van der Waals surface area contributed by atoms with Gasteiger partial charge in [0.15, 0.2) is 0 Å². The van der Waals surface area contributed by atoms with Crippen LogP contribution in [0.4, 0.5) is 0 Å². The minimum atomic E-state index is -0.408. The van der Waals surface area contributed by atoms with Crippen molar-refractivity contribution in [2.24, 2.45) is 0 Å². The lowest BCUT2D eigenvalue weighted by Crippen LogP contribution is -2.00. The van der Waals surface area contributed by atoms with E-state index in [1.54, 1.807) is 6.92 Å². The molecule has 0 aliphatic heterocycles. The number of benzene rings is 1. The van der Waals surface area contributed by atoms with Crippen molar-refractivity contribution in [3.05, 3.63) is 29.8 Å². The maximum atomic E-state index is 9.32. The molecule has 1 aromatic carbocycles. The van der Waals surface area contributed by atoms with Gasteiger partial charge in [-0.25, -0.2) is 0 Å². The van der Waals surface area contributed by atoms with Crippen LogP contribution in [0.15, 0.2) is 24.3 Å². The number of hydrogen-bond donors (Lipinski definition) is 1. The van der Waals surface area contributed by atoms with Gasteiger partial charge in [0, 0.05) is 5.75 Å². The zero-order valence-corrected chi connectivity index (χ0v) is 10.1. The van der Waals surface area contributed by atoms with Gasteiger partial charge in [0.05, 0.1) is 12.7 Å². The van der Waals surface area contributed by atoms with Crippen LogP contribution in [0, 0.1) is 0 Å². The molecule has 0 radical (unpaired) electrons. The van der Waals surface area contributed by atoms with Gasteiger partial charge in [-0.3, -0.25) is 0 Å². The highest BCUT2D eigenvalue weighted by Crippen LogP contribution is 2.17. The fraction of sp³-hybridized carbons (Fsp3) is 0.500. The predicted octanol–water partition coefficient (Wildman–Crippen LogP) is 2.87. The minimum absolute atomic E-state index is 0.408. The third-order valence-corrected chi connectivity index (χ3v) is 2.93. The van der Waals surface area contributed by atoms with Crippen molar-refractivity contribution in [3.8, 4) is 5.75 Å². The molecular weight excluding hydrogens is 208 g/mol. The number of ether oxygens (including phenoxy) is 1. The van der Waals surface area contributed by atoms with Crippen molar-refractivity contribution in [1.82, 2.24) is 0 Å². The number of thioether (sulfide) groups is 1. The number of hydrogen-bond acceptors (Lipinski definition) is 3. The van der Waals surface area contributed by atoms with Crippen LogP contribution in [0.25, 0.3) is 0 Å². The molecule has 0 saturated heterocycles. The molecule has 0 aliphatic carbocycles. The summed E-state index contributed by atoms with van der Waals surface area (Å²) in [7, 11) is 0. The molecule has 0 bridgehead atoms. The summed E-state index contributed by atoms with van der Waals surface area (Å²) >= 11 is 1.87. The van der Waals surface area contributed by atoms with Crippen LogP contribution < -0.4 is 4.74 Å². The molecule has 1 N–H and O–H groups in total. The first-order valence-electron chi connectivity index (χ1n) is 5.22. The van der Waals surface area contributed by atoms with Gasteiger partial charge >= 0.3 is 0 Å². The van der Waals surface area contributed by atoms with Crippen molar-refractivity contribution < 1.29 is 9.84 Å². The van der Waals surface area contributed by atoms with E-state index in [4.69, 9.17) is 4.74 Å². The number of rotatable bonds is 6. The molecule has 0 unspecified atom stereocenters. The van der Waals surface area contributed by atoms with Crippen LogP contribution in [0.1, 0.15) is 25.5 Å². The average Bonchev–Trinajstić information content (AvgIpc) is 2.25. The monoisotopic (exact) mass is 226 g/mol. The molecule has 1 aromatic rings. The second kappa shape index (κ2) is 6.75. The zero-order valence-electron chi connectivity index (χ0n) is 9.27. The van der Waals surface area contributed by atoms with Crippen molar-refractivity contribution >= 4 is 11.8 Å². The first-order valence-corrected chi connectivity index (χ1v) is 6.38. The zero-order chi connectivity index (χ0) is 11.1. The smallest absolute Gasteiger partial charge is 0.119 e. The maximum Gasteiger partial charge on any atom is 0.119 e. The maximum absolute atomic E-state index is 9.32. The fourth-order valence-corrected chi connectivity index (χ4v) is 1.70. The summed E-state index contributed by atoms with van der Waals surface area (Å²) < 4.78 is 5.54. The van der Waals surface area contributed by atoms with Crippen molar-refractivity contribution in [2.75, 3.05) is 18.1 Å². The van der Waals surface area contributed by atoms with Crippen LogP contribution in [0.3, 0.4) is 0 Å². The molecule has 0 spiro atoms. The molecule has 1 rings (SSSR count). The molecule has 0 aromatic heterocycles. The Morgan fingerprint density at radius 2 is 2.00 bits per heavy atom. The van der Waals surface area contributed by atoms with Gasteiger partial charge in [-0.15, -0.1) is 0 Å². The Kier molecular flexibility index (Phi) is 5.58. The lowest BCUT2D eigenvalue weighted by molar-refractivity contribution is 0.199. The molecule has 0 amide bonds. The summed E-state index contributed by atoms with van der Waals surface area (Å²) in [6.45, 7) is 4.64. The van der Waals surface area contributed by atoms with E-state index >= 15 is 0 Å². The minimum Gasteiger partial charge on any atom is -0.493 e. The van der Waals surface area contributed by atoms with Crippen LogP contribution in [0.5, 0.6) is 5.75 Å². The Bertz CT molecular complexity index is 269. The molecular formula is C12H18O2S. The van der Waals surface area contributed by atoms with Crippen molar-refractivity contribution in [3.63, 3.8) is 0 Å². The summed E-state index contributed by atoms with van der Waals surface area (Å²) in [5.74, 6) is 3.02. The molecule has 0 saturated carbocycles. The molecule has 0 fully saturated rings. The standard InChI is InChI=1S/C12H18O2S/c1-3-15-9-8-14-12-6-4-11(5-7-12)10(2)13/h4-7,10,13H,3,8-9H2,1-2H3/t10-/m1/s1. The van der Waals surface area contributed by atoms with Crippen molar-refractivity contribution in [1.29, 1.82) is 0 Å². The number of aliphatic hydroxyl groups excluding tert-OH is 1. The topological polar surface area (TPSA) is 29.5 Å². The summed E-state index contributed by atoms with van der Waals surface area (Å²) in [5.41, 5.74) is 0.922. The van der Waals surface area contributed by atoms with E-state index in [0.29, 0.717) is 0 Å². The molecule has 0 heterocycles. The van der Waals surface area contributed by atoms with Gasteiger partial charge < -0.3 is 9.84 Å². The molecule has 84 valence electrons. The van der Waals surface area contributed by atoms with Crippen molar-refractivity contribution in [2.45, 2.75) is 20.0 Å². The second-order valence-electron chi connectivity index (χ2n) is 3.29. The van der Waals surface area contributed by atoms with Gasteiger partial charge in [0.2, 0.25) is 0 Å². The predicted molar refractivity (Wildman–Crippen MR) is 65.6 cm³/mol. The van der Waals surface area contributed by atoms with Gasteiger partial charge in [-0.1, -0.05) is 19.1 Å². The van der Waals surface area contributed by atoms with E-state index in [2.05, 4.69) is 6.92 Å². The second-order valence-corrected chi connectivity index (χ2v) is 4.68. The Hall–Kier alpha value is -0.670. The normalized spacial score (nSPS) is 12.5. The molecule has 15 heavy (non-hydrogen) atoms. The van der Waals surface area contributed by atoms with E-state index in [-0.39, 0.29) is 0 Å². The van der Waals surface area contributed by atoms with Gasteiger partial charge in [-0.2, -0.15) is 11.8 Å². The highest BCUT2D eigenvalue weighted by atomic mass is 32.2. The molecule has 3 heteroatoms. The summed E-state index contributed by atoms with van der Waals surface area (Å²) in [6, 6.07) is 7.59. The molecule has 2 nitrogen and oxygen atoms in total. The van der Waals surface area contributed by atoms with E-state index in [1.165, 1.54) is 0 Å². The summed E-state index contributed by atoms with van der Waals surface area (Å²) in [6.07, 6.45) is -0.408. The Morgan fingerprint density at radius 3 is 2.53 bits per heavy atom. The summed E-state index contributed by atoms with van der Waals surface area (Å²) in [4.78, 5) is 0. The van der Waals surface area contributed by atoms with Gasteiger partial charge in [0.1, 0.15) is 5.75 Å². The first kappa shape index (κ1) is 12.4. The molecule has 1 atom stereocenters. The van der Waals surface area contributed by atoms with Gasteiger partial charge in [-0.05, 0) is 30.4 Å². The van der Waals surface area contributed by atoms with Crippen LogP contribution >= 0.6 is 11.8 Å². The highest BCUT2D eigenvalue weighted by molar-refractivity contribution is 7.99. The third-order valence-electron chi connectivity index (χ3n) is 2.06. The van der Waals surface area contributed by atoms with Crippen LogP contribution in [-0.2, 0) is 0 Å². The van der Waals surface area contributed by atoms with E-state index in [1.807, 2.05) is 36.0 Å². The third kappa shape index (κ3) is 4.58. The van der Waals surface area contributed by atoms with Crippen LogP contribution in [0.2, 0.25) is 0 Å². The number of aliphatic hydroxyl groups is 1. The average molecular weight is 226 g/mol. The highest BCUT2D eigenvalue weighted by Gasteiger charge is 2.00. The first-order chi connectivity index (χ1) is 7.24. The molecule has 0 aliphatic rings. The Labute approximate surface area is 95.7 Å². The quantitative estimate of drug-likeness (QED) is 0.756. The SMILES string of the molecule is CCSCCOc1ccc([C@@H](C)O)cc1. The summed E-state index contributed by atoms with van der Waals surface area (Å²) in [5, 5.41) is 9.32. The van der Waals surface area contributed by atoms with Gasteiger partial charge in [0.25, 0.3) is 0 Å². The largest absolute Gasteiger partial charge is 0.493 e. The fourth-order valence-electron chi connectivity index (χ4n) is 1.21. The van der Waals surface area contributed by atoms with E-state index < -0.39 is 6.10 Å². The van der Waals surface area contributed by atoms with E-state index in [0.717, 1.165) is 29.4 Å².